The second kappa shape index (κ2) is 11.2. The molecule has 6 nitrogen and oxygen atoms in total. The first-order valence-electron chi connectivity index (χ1n) is 17.6. The number of rotatable bonds is 4. The van der Waals surface area contributed by atoms with Crippen LogP contribution >= 0.6 is 0 Å². The van der Waals surface area contributed by atoms with Crippen molar-refractivity contribution in [2.24, 2.45) is 0 Å². The molecule has 0 radical (unpaired) electrons. The molecule has 7 aromatic carbocycles. The predicted molar refractivity (Wildman–Crippen MR) is 208 cm³/mol. The molecule has 1 fully saturated rings. The largest absolute Gasteiger partial charge is 0.455 e. The highest BCUT2D eigenvalue weighted by Gasteiger charge is 2.33. The van der Waals surface area contributed by atoms with Gasteiger partial charge >= 0.3 is 0 Å². The number of hydrogen-bond donors (Lipinski definition) is 3. The van der Waals surface area contributed by atoms with Gasteiger partial charge in [-0.3, -0.25) is 16.0 Å². The van der Waals surface area contributed by atoms with Crippen molar-refractivity contribution in [1.29, 1.82) is 0 Å². The van der Waals surface area contributed by atoms with Crippen molar-refractivity contribution in [3.05, 3.63) is 175 Å². The van der Waals surface area contributed by atoms with Crippen LogP contribution < -0.4 is 16.0 Å². The van der Waals surface area contributed by atoms with E-state index in [2.05, 4.69) is 183 Å². The lowest BCUT2D eigenvalue weighted by atomic mass is 10.1. The number of nitrogens with zero attached hydrogens (tertiary/aromatic N) is 2. The minimum atomic E-state index is -0.284. The fraction of sp³-hybridized carbons (Fsp3) is 0.0667. The third-order valence-corrected chi connectivity index (χ3v) is 10.6. The van der Waals surface area contributed by atoms with E-state index in [9.17, 15) is 0 Å². The summed E-state index contributed by atoms with van der Waals surface area (Å²) in [6, 6.07) is 58.2. The van der Waals surface area contributed by atoms with E-state index in [0.717, 1.165) is 54.9 Å². The molecule has 1 saturated heterocycles. The van der Waals surface area contributed by atoms with Crippen molar-refractivity contribution in [1.82, 2.24) is 25.1 Å². The van der Waals surface area contributed by atoms with Gasteiger partial charge in [0.25, 0.3) is 0 Å². The average molecular weight is 660 g/mol. The molecule has 1 aliphatic rings. The Hall–Kier alpha value is -6.18. The van der Waals surface area contributed by atoms with Crippen molar-refractivity contribution in [3.63, 3.8) is 0 Å². The lowest BCUT2D eigenvalue weighted by molar-refractivity contribution is 0.161. The molecule has 4 heterocycles. The van der Waals surface area contributed by atoms with Gasteiger partial charge < -0.3 is 13.6 Å². The van der Waals surface area contributed by atoms with Crippen LogP contribution in [0, 0.1) is 0 Å². The standard InChI is InChI=1S/C45H33N5O/c1-4-14-28(15-5-1)43-46-44(29-16-6-2-7-17-29)48-45(47-43)50-37-26-24-32-31-20-11-13-23-38(31)51-42(32)40(37)34-25-27-36-39(41(34)50)33-21-10-12-22-35(33)49(36)30-18-8-3-9-19-30/h1-27,43-48H. The molecule has 11 rings (SSSR count). The van der Waals surface area contributed by atoms with E-state index < -0.39 is 0 Å². The predicted octanol–water partition coefficient (Wildman–Crippen LogP) is 10.4. The molecule has 1 aliphatic heterocycles. The topological polar surface area (TPSA) is 59.1 Å². The molecule has 0 saturated carbocycles. The monoisotopic (exact) mass is 659 g/mol. The normalized spacial score (nSPS) is 18.2. The molecule has 0 aliphatic carbocycles. The Bertz CT molecular complexity index is 2860. The summed E-state index contributed by atoms with van der Waals surface area (Å²) in [7, 11) is 0. The van der Waals surface area contributed by atoms with Crippen molar-refractivity contribution < 1.29 is 4.42 Å². The first-order chi connectivity index (χ1) is 25.3. The smallest absolute Gasteiger partial charge is 0.145 e. The Morgan fingerprint density at radius 2 is 1.02 bits per heavy atom. The molecular weight excluding hydrogens is 627 g/mol. The summed E-state index contributed by atoms with van der Waals surface area (Å²) in [5.74, 6) is 0. The summed E-state index contributed by atoms with van der Waals surface area (Å²) in [5, 5.41) is 18.8. The molecule has 10 aromatic rings. The van der Waals surface area contributed by atoms with E-state index in [1.165, 1.54) is 27.4 Å². The van der Waals surface area contributed by atoms with Gasteiger partial charge in [-0.05, 0) is 59.7 Å². The first kappa shape index (κ1) is 28.6. The minimum absolute atomic E-state index is 0.116. The Morgan fingerprint density at radius 1 is 0.431 bits per heavy atom. The van der Waals surface area contributed by atoms with Crippen LogP contribution in [0.5, 0.6) is 0 Å². The van der Waals surface area contributed by atoms with Crippen LogP contribution in [-0.4, -0.2) is 9.13 Å². The van der Waals surface area contributed by atoms with Gasteiger partial charge in [-0.1, -0.05) is 115 Å². The van der Waals surface area contributed by atoms with E-state index in [1.54, 1.807) is 0 Å². The molecule has 2 atom stereocenters. The molecule has 51 heavy (non-hydrogen) atoms. The number of para-hydroxylation sites is 3. The zero-order valence-electron chi connectivity index (χ0n) is 27.6. The van der Waals surface area contributed by atoms with Crippen LogP contribution in [0.4, 0.5) is 0 Å². The highest BCUT2D eigenvalue weighted by atomic mass is 16.3. The second-order valence-corrected chi connectivity index (χ2v) is 13.4. The minimum Gasteiger partial charge on any atom is -0.455 e. The van der Waals surface area contributed by atoms with E-state index in [1.807, 2.05) is 6.07 Å². The van der Waals surface area contributed by atoms with Gasteiger partial charge in [-0.2, -0.15) is 0 Å². The number of fused-ring (bicyclic) bond motifs is 11. The number of benzene rings is 7. The molecule has 0 spiro atoms. The van der Waals surface area contributed by atoms with Gasteiger partial charge in [-0.25, -0.2) is 0 Å². The molecule has 6 heteroatoms. The number of aromatic nitrogens is 2. The lowest BCUT2D eigenvalue weighted by Gasteiger charge is -2.40. The number of furan rings is 1. The zero-order valence-corrected chi connectivity index (χ0v) is 27.6. The van der Waals surface area contributed by atoms with Crippen LogP contribution in [0.2, 0.25) is 0 Å². The second-order valence-electron chi connectivity index (χ2n) is 13.4. The van der Waals surface area contributed by atoms with Gasteiger partial charge in [-0.15, -0.1) is 0 Å². The molecule has 3 aromatic heterocycles. The molecule has 3 N–H and O–H groups in total. The van der Waals surface area contributed by atoms with Crippen LogP contribution in [0.3, 0.4) is 0 Å². The maximum atomic E-state index is 6.76. The molecule has 2 unspecified atom stereocenters. The van der Waals surface area contributed by atoms with Gasteiger partial charge in [0.15, 0.2) is 0 Å². The SMILES string of the molecule is c1ccc(C2NC(c3ccccc3)NC(n3c4ccc5c6ccccc6oc5c4c4ccc5c(c6ccccc6n5-c5ccccc5)c43)N2)cc1. The van der Waals surface area contributed by atoms with Gasteiger partial charge in [0.05, 0.1) is 39.8 Å². The number of nitrogens with one attached hydrogen (secondary N) is 3. The maximum absolute atomic E-state index is 6.76. The first-order valence-corrected chi connectivity index (χ1v) is 17.6. The Balaban J connectivity index is 1.27. The fourth-order valence-electron chi connectivity index (χ4n) is 8.43. The van der Waals surface area contributed by atoms with Crippen LogP contribution in [0.1, 0.15) is 29.7 Å². The fourth-order valence-corrected chi connectivity index (χ4v) is 8.43. The Labute approximate surface area is 293 Å². The van der Waals surface area contributed by atoms with Crippen molar-refractivity contribution in [2.45, 2.75) is 18.6 Å². The zero-order chi connectivity index (χ0) is 33.5. The van der Waals surface area contributed by atoms with E-state index >= 15 is 0 Å². The van der Waals surface area contributed by atoms with E-state index in [0.29, 0.717) is 0 Å². The lowest BCUT2D eigenvalue weighted by Crippen LogP contribution is -2.56. The summed E-state index contributed by atoms with van der Waals surface area (Å²) in [6.45, 7) is 0. The Kier molecular flexibility index (Phi) is 6.27. The third kappa shape index (κ3) is 4.28. The summed E-state index contributed by atoms with van der Waals surface area (Å²) in [5.41, 5.74) is 9.90. The van der Waals surface area contributed by atoms with Crippen molar-refractivity contribution in [2.75, 3.05) is 0 Å². The van der Waals surface area contributed by atoms with Crippen LogP contribution in [0.15, 0.2) is 168 Å². The van der Waals surface area contributed by atoms with Crippen molar-refractivity contribution in [3.8, 4) is 5.69 Å². The summed E-state index contributed by atoms with van der Waals surface area (Å²) in [6.07, 6.45) is -0.516. The summed E-state index contributed by atoms with van der Waals surface area (Å²) in [4.78, 5) is 0. The highest BCUT2D eigenvalue weighted by molar-refractivity contribution is 6.30. The summed E-state index contributed by atoms with van der Waals surface area (Å²) >= 11 is 0. The van der Waals surface area contributed by atoms with Gasteiger partial charge in [0.2, 0.25) is 0 Å². The molecule has 0 amide bonds. The van der Waals surface area contributed by atoms with Crippen molar-refractivity contribution >= 4 is 65.6 Å². The quantitative estimate of drug-likeness (QED) is 0.176. The average Bonchev–Trinajstić information content (AvgIpc) is 3.86. The van der Waals surface area contributed by atoms with Gasteiger partial charge in [0, 0.05) is 32.6 Å². The highest BCUT2D eigenvalue weighted by Crippen LogP contribution is 2.45. The maximum Gasteiger partial charge on any atom is 0.145 e. The third-order valence-electron chi connectivity index (χ3n) is 10.6. The van der Waals surface area contributed by atoms with E-state index in [4.69, 9.17) is 4.42 Å². The van der Waals surface area contributed by atoms with Crippen LogP contribution in [-0.2, 0) is 0 Å². The van der Waals surface area contributed by atoms with Crippen LogP contribution in [0.25, 0.3) is 71.2 Å². The number of hydrogen-bond acceptors (Lipinski definition) is 4. The van der Waals surface area contributed by atoms with Gasteiger partial charge in [0.1, 0.15) is 17.5 Å². The summed E-state index contributed by atoms with van der Waals surface area (Å²) < 4.78 is 11.6. The van der Waals surface area contributed by atoms with E-state index in [-0.39, 0.29) is 18.6 Å². The molecule has 0 bridgehead atoms. The Morgan fingerprint density at radius 3 is 1.75 bits per heavy atom. The molecule has 244 valence electrons. The molecular formula is C45H33N5O.